The number of ether oxygens (including phenoxy) is 2. The van der Waals surface area contributed by atoms with Gasteiger partial charge in [-0.05, 0) is 76.3 Å². The Balaban J connectivity index is 1.60. The molecule has 0 radical (unpaired) electrons. The van der Waals surface area contributed by atoms with Crippen molar-refractivity contribution >= 4 is 34.4 Å². The summed E-state index contributed by atoms with van der Waals surface area (Å²) in [6.45, 7) is 10.6. The minimum atomic E-state index is -0.340. The molecular weight excluding hydrogens is 516 g/mol. The van der Waals surface area contributed by atoms with Crippen molar-refractivity contribution in [1.29, 1.82) is 0 Å². The number of halogens is 1. The Bertz CT molecular complexity index is 1460. The van der Waals surface area contributed by atoms with Gasteiger partial charge in [0.15, 0.2) is 0 Å². The average Bonchev–Trinajstić information content (AvgIpc) is 3.44. The number of benzene rings is 2. The van der Waals surface area contributed by atoms with E-state index in [2.05, 4.69) is 20.5 Å². The zero-order valence-corrected chi connectivity index (χ0v) is 23.8. The molecule has 1 amide bonds. The highest BCUT2D eigenvalue weighted by Crippen LogP contribution is 2.35. The molecule has 4 aromatic rings. The molecule has 0 spiro atoms. The molecule has 0 unspecified atom stereocenters. The summed E-state index contributed by atoms with van der Waals surface area (Å²) in [6.07, 6.45) is 1.44. The summed E-state index contributed by atoms with van der Waals surface area (Å²) in [5.74, 6) is 0.174. The lowest BCUT2D eigenvalue weighted by Gasteiger charge is -2.11. The maximum atomic E-state index is 13.3. The molecule has 8 nitrogen and oxygen atoms in total. The van der Waals surface area contributed by atoms with Crippen LogP contribution in [0.25, 0.3) is 22.0 Å². The van der Waals surface area contributed by atoms with Gasteiger partial charge in [-0.2, -0.15) is 5.10 Å². The number of esters is 1. The van der Waals surface area contributed by atoms with Crippen LogP contribution in [0, 0.1) is 27.7 Å². The number of fused-ring (bicyclic) bond motifs is 1. The number of aryl methyl sites for hydroxylation is 5. The molecule has 0 aliphatic rings. The van der Waals surface area contributed by atoms with Crippen LogP contribution in [0.1, 0.15) is 58.3 Å². The third-order valence-corrected chi connectivity index (χ3v) is 7.33. The highest BCUT2D eigenvalue weighted by molar-refractivity contribution is 6.32. The first kappa shape index (κ1) is 28.2. The van der Waals surface area contributed by atoms with Crippen LogP contribution in [0.3, 0.4) is 0 Å². The van der Waals surface area contributed by atoms with Crippen molar-refractivity contribution < 1.29 is 19.1 Å². The average molecular weight is 551 g/mol. The van der Waals surface area contributed by atoms with Gasteiger partial charge in [0.25, 0.3) is 5.91 Å². The van der Waals surface area contributed by atoms with Crippen LogP contribution in [0.4, 0.5) is 0 Å². The molecule has 0 fully saturated rings. The molecule has 0 saturated carbocycles. The lowest BCUT2D eigenvalue weighted by atomic mass is 9.98. The van der Waals surface area contributed by atoms with E-state index in [0.717, 1.165) is 60.9 Å². The zero-order valence-electron chi connectivity index (χ0n) is 23.1. The minimum Gasteiger partial charge on any atom is -0.494 e. The monoisotopic (exact) mass is 550 g/mol. The number of amides is 1. The minimum absolute atomic E-state index is 0.113. The van der Waals surface area contributed by atoms with Crippen molar-refractivity contribution in [3.05, 3.63) is 69.1 Å². The second-order valence-corrected chi connectivity index (χ2v) is 10.0. The summed E-state index contributed by atoms with van der Waals surface area (Å²) >= 11 is 6.29. The van der Waals surface area contributed by atoms with Gasteiger partial charge in [0.1, 0.15) is 11.4 Å². The van der Waals surface area contributed by atoms with Crippen LogP contribution in [-0.4, -0.2) is 46.8 Å². The largest absolute Gasteiger partial charge is 0.494 e. The van der Waals surface area contributed by atoms with Crippen molar-refractivity contribution in [3.8, 4) is 16.9 Å². The molecule has 2 heterocycles. The van der Waals surface area contributed by atoms with Crippen LogP contribution in [0.2, 0.25) is 5.02 Å². The Morgan fingerprint density at radius 2 is 1.85 bits per heavy atom. The van der Waals surface area contributed by atoms with Crippen LogP contribution in [-0.2, 0) is 16.0 Å². The van der Waals surface area contributed by atoms with E-state index < -0.39 is 0 Å². The standard InChI is InChI=1S/C30H35ClN4O4/c1-6-38-25(36)12-13-32-30(37)29-23(11-8-14-39-21-15-17(2)27(31)18(3)16-21)22-9-7-10-24(28(22)33-29)26-19(4)34-35-20(26)5/h7,9-10,15-16,33H,6,8,11-14H2,1-5H3,(H,32,37)(H,34,35). The second kappa shape index (κ2) is 12.4. The summed E-state index contributed by atoms with van der Waals surface area (Å²) in [6, 6.07) is 9.93. The first-order chi connectivity index (χ1) is 18.7. The molecule has 39 heavy (non-hydrogen) atoms. The Morgan fingerprint density at radius 1 is 1.10 bits per heavy atom. The fourth-order valence-electron chi connectivity index (χ4n) is 4.91. The highest BCUT2D eigenvalue weighted by Gasteiger charge is 2.21. The van der Waals surface area contributed by atoms with Crippen molar-refractivity contribution in [2.45, 2.75) is 53.9 Å². The third-order valence-electron chi connectivity index (χ3n) is 6.74. The number of H-pyrrole nitrogens is 2. The van der Waals surface area contributed by atoms with E-state index in [1.807, 2.05) is 58.0 Å². The van der Waals surface area contributed by atoms with E-state index in [-0.39, 0.29) is 24.8 Å². The van der Waals surface area contributed by atoms with E-state index in [1.54, 1.807) is 6.92 Å². The van der Waals surface area contributed by atoms with Gasteiger partial charge in [-0.25, -0.2) is 0 Å². The molecule has 2 aromatic heterocycles. The van der Waals surface area contributed by atoms with E-state index in [4.69, 9.17) is 21.1 Å². The fraction of sp³-hybridized carbons (Fsp3) is 0.367. The Labute approximate surface area is 233 Å². The number of hydrogen-bond acceptors (Lipinski definition) is 5. The summed E-state index contributed by atoms with van der Waals surface area (Å²) in [5.41, 5.74) is 8.05. The van der Waals surface area contributed by atoms with Gasteiger partial charge in [-0.3, -0.25) is 14.7 Å². The van der Waals surface area contributed by atoms with Gasteiger partial charge in [-0.15, -0.1) is 0 Å². The molecule has 2 aromatic carbocycles. The second-order valence-electron chi connectivity index (χ2n) is 9.65. The number of aromatic amines is 2. The highest BCUT2D eigenvalue weighted by atomic mass is 35.5. The molecule has 3 N–H and O–H groups in total. The number of carbonyl (C=O) groups is 2. The SMILES string of the molecule is CCOC(=O)CCNC(=O)c1[nH]c2c(-c3c(C)n[nH]c3C)cccc2c1CCCOc1cc(C)c(Cl)c(C)c1. The smallest absolute Gasteiger partial charge is 0.307 e. The third kappa shape index (κ3) is 6.28. The molecule has 9 heteroatoms. The maximum Gasteiger partial charge on any atom is 0.307 e. The van der Waals surface area contributed by atoms with Crippen molar-refractivity contribution in [2.24, 2.45) is 0 Å². The summed E-state index contributed by atoms with van der Waals surface area (Å²) in [4.78, 5) is 28.5. The van der Waals surface area contributed by atoms with Crippen LogP contribution >= 0.6 is 11.6 Å². The van der Waals surface area contributed by atoms with Crippen LogP contribution in [0.5, 0.6) is 5.75 Å². The predicted octanol–water partition coefficient (Wildman–Crippen LogP) is 6.14. The van der Waals surface area contributed by atoms with E-state index in [9.17, 15) is 9.59 Å². The Kier molecular flexibility index (Phi) is 8.97. The number of rotatable bonds is 11. The molecular formula is C30H35ClN4O4. The molecule has 0 aliphatic heterocycles. The fourth-order valence-corrected chi connectivity index (χ4v) is 5.02. The van der Waals surface area contributed by atoms with Gasteiger partial charge in [-0.1, -0.05) is 29.8 Å². The lowest BCUT2D eigenvalue weighted by molar-refractivity contribution is -0.142. The lowest BCUT2D eigenvalue weighted by Crippen LogP contribution is -2.27. The molecule has 0 atom stereocenters. The number of hydrogen-bond donors (Lipinski definition) is 3. The molecule has 0 bridgehead atoms. The zero-order chi connectivity index (χ0) is 28.1. The first-order valence-corrected chi connectivity index (χ1v) is 13.6. The molecule has 0 aliphatic carbocycles. The van der Waals surface area contributed by atoms with Gasteiger partial charge in [0.05, 0.1) is 30.8 Å². The summed E-state index contributed by atoms with van der Waals surface area (Å²) in [5, 5.41) is 12.0. The number of carbonyl (C=O) groups excluding carboxylic acids is 2. The molecule has 4 rings (SSSR count). The van der Waals surface area contributed by atoms with E-state index >= 15 is 0 Å². The number of aromatic nitrogens is 3. The van der Waals surface area contributed by atoms with Gasteiger partial charge < -0.3 is 19.8 Å². The first-order valence-electron chi connectivity index (χ1n) is 13.2. The Hall–Kier alpha value is -3.78. The van der Waals surface area contributed by atoms with Crippen molar-refractivity contribution in [2.75, 3.05) is 19.8 Å². The Morgan fingerprint density at radius 3 is 2.51 bits per heavy atom. The normalized spacial score (nSPS) is 11.1. The van der Waals surface area contributed by atoms with E-state index in [0.29, 0.717) is 31.7 Å². The number of para-hydroxylation sites is 1. The number of nitrogens with zero attached hydrogens (tertiary/aromatic N) is 1. The van der Waals surface area contributed by atoms with Gasteiger partial charge in [0, 0.05) is 33.8 Å². The van der Waals surface area contributed by atoms with E-state index in [1.165, 1.54) is 0 Å². The quantitative estimate of drug-likeness (QED) is 0.153. The van der Waals surface area contributed by atoms with Crippen LogP contribution < -0.4 is 10.1 Å². The van der Waals surface area contributed by atoms with Crippen LogP contribution in [0.15, 0.2) is 30.3 Å². The van der Waals surface area contributed by atoms with Gasteiger partial charge in [0.2, 0.25) is 0 Å². The van der Waals surface area contributed by atoms with Gasteiger partial charge >= 0.3 is 5.97 Å². The number of nitrogens with one attached hydrogen (secondary N) is 3. The molecule has 206 valence electrons. The van der Waals surface area contributed by atoms with Crippen molar-refractivity contribution in [3.63, 3.8) is 0 Å². The summed E-state index contributed by atoms with van der Waals surface area (Å²) < 4.78 is 11.0. The predicted molar refractivity (Wildman–Crippen MR) is 154 cm³/mol. The molecule has 0 saturated heterocycles. The maximum absolute atomic E-state index is 13.3. The summed E-state index contributed by atoms with van der Waals surface area (Å²) in [7, 11) is 0. The van der Waals surface area contributed by atoms with Crippen molar-refractivity contribution in [1.82, 2.24) is 20.5 Å². The topological polar surface area (TPSA) is 109 Å².